The molecular weight excluding hydrogens is 378 g/mol. The minimum atomic E-state index is -0.851. The molecule has 3 N–H and O–H groups in total. The number of nitrogens with zero attached hydrogens (tertiary/aromatic N) is 2. The van der Waals surface area contributed by atoms with Crippen molar-refractivity contribution in [1.29, 1.82) is 0 Å². The van der Waals surface area contributed by atoms with E-state index in [4.69, 9.17) is 0 Å². The zero-order valence-corrected chi connectivity index (χ0v) is 17.7. The van der Waals surface area contributed by atoms with E-state index in [0.717, 1.165) is 25.9 Å². The first-order chi connectivity index (χ1) is 13.7. The van der Waals surface area contributed by atoms with Crippen LogP contribution in [0.1, 0.15) is 33.6 Å². The Morgan fingerprint density at radius 2 is 1.69 bits per heavy atom. The van der Waals surface area contributed by atoms with Gasteiger partial charge in [0.05, 0.1) is 13.7 Å². The number of rotatable bonds is 5. The molecular formula is C19H33N5O5. The molecule has 0 bridgehead atoms. The number of hydrogen-bond donors (Lipinski definition) is 3. The third-order valence-corrected chi connectivity index (χ3v) is 5.27. The van der Waals surface area contributed by atoms with Crippen LogP contribution in [0.15, 0.2) is 0 Å². The summed E-state index contributed by atoms with van der Waals surface area (Å²) in [6.45, 7) is 7.48. The minimum Gasteiger partial charge on any atom is -0.467 e. The monoisotopic (exact) mass is 411 g/mol. The van der Waals surface area contributed by atoms with Crippen molar-refractivity contribution in [1.82, 2.24) is 25.8 Å². The van der Waals surface area contributed by atoms with Crippen LogP contribution in [0.2, 0.25) is 0 Å². The Balaban J connectivity index is 2.15. The number of piperazine rings is 1. The summed E-state index contributed by atoms with van der Waals surface area (Å²) in [5.41, 5.74) is 0. The standard InChI is InChI=1S/C19H33N5O5/c1-12(2)21-19(28)23-9-10-24(17(26)14-5-7-20-8-6-14)15(11-23)16(25)22-13(3)18(27)29-4/h12-15,20H,5-11H2,1-4H3,(H,21,28)(H,22,25)/t13-,15+/m1/s1. The second-order valence-corrected chi connectivity index (χ2v) is 7.88. The molecule has 2 saturated heterocycles. The van der Waals surface area contributed by atoms with Gasteiger partial charge in [0.1, 0.15) is 12.1 Å². The average Bonchev–Trinajstić information content (AvgIpc) is 2.72. The van der Waals surface area contributed by atoms with Crippen LogP contribution < -0.4 is 16.0 Å². The Morgan fingerprint density at radius 1 is 1.03 bits per heavy atom. The largest absolute Gasteiger partial charge is 0.467 e. The number of carbonyl (C=O) groups excluding carboxylic acids is 4. The van der Waals surface area contributed by atoms with Crippen molar-refractivity contribution in [2.75, 3.05) is 39.8 Å². The number of ether oxygens (including phenoxy) is 1. The number of urea groups is 1. The van der Waals surface area contributed by atoms with Crippen LogP contribution in [-0.2, 0) is 19.1 Å². The summed E-state index contributed by atoms with van der Waals surface area (Å²) in [7, 11) is 1.25. The minimum absolute atomic E-state index is 0.0384. The Bertz CT molecular complexity index is 620. The maximum absolute atomic E-state index is 13.1. The van der Waals surface area contributed by atoms with Gasteiger partial charge in [0.2, 0.25) is 11.8 Å². The predicted octanol–water partition coefficient (Wildman–Crippen LogP) is -0.705. The summed E-state index contributed by atoms with van der Waals surface area (Å²) in [5, 5.41) is 8.66. The summed E-state index contributed by atoms with van der Waals surface area (Å²) in [5.74, 6) is -1.24. The molecule has 0 aromatic heterocycles. The Morgan fingerprint density at radius 3 is 2.28 bits per heavy atom. The molecule has 2 fully saturated rings. The van der Waals surface area contributed by atoms with Gasteiger partial charge < -0.3 is 30.5 Å². The van der Waals surface area contributed by atoms with E-state index in [1.165, 1.54) is 14.0 Å². The molecule has 164 valence electrons. The molecule has 0 aromatic rings. The SMILES string of the molecule is COC(=O)[C@@H](C)NC(=O)[C@@H]1CN(C(=O)NC(C)C)CCN1C(=O)C1CCNCC1. The van der Waals surface area contributed by atoms with Gasteiger partial charge >= 0.3 is 12.0 Å². The van der Waals surface area contributed by atoms with Crippen LogP contribution in [0.3, 0.4) is 0 Å². The van der Waals surface area contributed by atoms with Gasteiger partial charge in [0.25, 0.3) is 0 Å². The van der Waals surface area contributed by atoms with E-state index in [1.807, 2.05) is 13.8 Å². The van der Waals surface area contributed by atoms with Crippen LogP contribution in [0.4, 0.5) is 4.79 Å². The van der Waals surface area contributed by atoms with Gasteiger partial charge in [-0.05, 0) is 46.7 Å². The molecule has 0 radical (unpaired) electrons. The van der Waals surface area contributed by atoms with Crippen molar-refractivity contribution < 1.29 is 23.9 Å². The Kier molecular flexibility index (Phi) is 8.24. The Labute approximate surface area is 171 Å². The molecule has 0 aromatic carbocycles. The molecule has 10 heteroatoms. The van der Waals surface area contributed by atoms with Crippen molar-refractivity contribution in [2.45, 2.75) is 51.7 Å². The molecule has 29 heavy (non-hydrogen) atoms. The fourth-order valence-corrected chi connectivity index (χ4v) is 3.64. The van der Waals surface area contributed by atoms with Crippen LogP contribution in [0, 0.1) is 5.92 Å². The highest BCUT2D eigenvalue weighted by Crippen LogP contribution is 2.20. The summed E-state index contributed by atoms with van der Waals surface area (Å²) in [6, 6.07) is -2.00. The fourth-order valence-electron chi connectivity index (χ4n) is 3.64. The highest BCUT2D eigenvalue weighted by Gasteiger charge is 2.40. The van der Waals surface area contributed by atoms with E-state index in [9.17, 15) is 19.2 Å². The third-order valence-electron chi connectivity index (χ3n) is 5.27. The lowest BCUT2D eigenvalue weighted by Gasteiger charge is -2.42. The van der Waals surface area contributed by atoms with Crippen molar-refractivity contribution in [3.63, 3.8) is 0 Å². The number of hydrogen-bond acceptors (Lipinski definition) is 6. The van der Waals surface area contributed by atoms with E-state index in [2.05, 4.69) is 20.7 Å². The van der Waals surface area contributed by atoms with Gasteiger partial charge in [-0.3, -0.25) is 9.59 Å². The van der Waals surface area contributed by atoms with E-state index >= 15 is 0 Å². The second-order valence-electron chi connectivity index (χ2n) is 7.88. The van der Waals surface area contributed by atoms with E-state index in [1.54, 1.807) is 9.80 Å². The summed E-state index contributed by atoms with van der Waals surface area (Å²) < 4.78 is 4.66. The normalized spacial score (nSPS) is 21.5. The molecule has 0 saturated carbocycles. The van der Waals surface area contributed by atoms with E-state index in [0.29, 0.717) is 6.54 Å². The number of carbonyl (C=O) groups is 4. The molecule has 2 heterocycles. The van der Waals surface area contributed by atoms with Crippen LogP contribution >= 0.6 is 0 Å². The molecule has 2 aliphatic rings. The molecule has 0 spiro atoms. The van der Waals surface area contributed by atoms with Gasteiger partial charge in [-0.25, -0.2) is 9.59 Å². The number of methoxy groups -OCH3 is 1. The second kappa shape index (κ2) is 10.4. The topological polar surface area (TPSA) is 120 Å². The lowest BCUT2D eigenvalue weighted by molar-refractivity contribution is -0.149. The number of nitrogens with one attached hydrogen (secondary N) is 3. The maximum Gasteiger partial charge on any atom is 0.328 e. The first kappa shape index (κ1) is 22.9. The molecule has 0 aliphatic carbocycles. The first-order valence-corrected chi connectivity index (χ1v) is 10.2. The van der Waals surface area contributed by atoms with Crippen molar-refractivity contribution in [3.8, 4) is 0 Å². The van der Waals surface area contributed by atoms with Crippen LogP contribution in [0.5, 0.6) is 0 Å². The lowest BCUT2D eigenvalue weighted by atomic mass is 9.95. The van der Waals surface area contributed by atoms with E-state index in [-0.39, 0.29) is 37.0 Å². The molecule has 4 amide bonds. The predicted molar refractivity (Wildman–Crippen MR) is 106 cm³/mol. The molecule has 2 rings (SSSR count). The van der Waals surface area contributed by atoms with Gasteiger partial charge in [-0.2, -0.15) is 0 Å². The van der Waals surface area contributed by atoms with Crippen LogP contribution in [-0.4, -0.2) is 91.6 Å². The Hall–Kier alpha value is -2.36. The van der Waals surface area contributed by atoms with E-state index < -0.39 is 24.0 Å². The molecule has 2 aliphatic heterocycles. The lowest BCUT2D eigenvalue weighted by Crippen LogP contribution is -2.64. The summed E-state index contributed by atoms with van der Waals surface area (Å²) >= 11 is 0. The highest BCUT2D eigenvalue weighted by atomic mass is 16.5. The number of amides is 4. The van der Waals surface area contributed by atoms with Gasteiger partial charge in [0.15, 0.2) is 0 Å². The fraction of sp³-hybridized carbons (Fsp3) is 0.789. The van der Waals surface area contributed by atoms with Gasteiger partial charge in [0, 0.05) is 25.0 Å². The zero-order chi connectivity index (χ0) is 21.6. The number of piperidine rings is 1. The maximum atomic E-state index is 13.1. The van der Waals surface area contributed by atoms with Crippen molar-refractivity contribution >= 4 is 23.8 Å². The summed E-state index contributed by atoms with van der Waals surface area (Å²) in [4.78, 5) is 53.3. The average molecular weight is 412 g/mol. The van der Waals surface area contributed by atoms with Gasteiger partial charge in [-0.15, -0.1) is 0 Å². The summed E-state index contributed by atoms with van der Waals surface area (Å²) in [6.07, 6.45) is 1.44. The van der Waals surface area contributed by atoms with Crippen molar-refractivity contribution in [2.24, 2.45) is 5.92 Å². The smallest absolute Gasteiger partial charge is 0.328 e. The van der Waals surface area contributed by atoms with Crippen LogP contribution in [0.25, 0.3) is 0 Å². The molecule has 10 nitrogen and oxygen atoms in total. The molecule has 0 unspecified atom stereocenters. The quantitative estimate of drug-likeness (QED) is 0.515. The first-order valence-electron chi connectivity index (χ1n) is 10.2. The zero-order valence-electron chi connectivity index (χ0n) is 17.7. The van der Waals surface area contributed by atoms with Gasteiger partial charge in [-0.1, -0.05) is 0 Å². The number of esters is 1. The van der Waals surface area contributed by atoms with Crippen molar-refractivity contribution in [3.05, 3.63) is 0 Å². The highest BCUT2D eigenvalue weighted by molar-refractivity contribution is 5.92. The molecule has 2 atom stereocenters. The third kappa shape index (κ3) is 6.06.